The van der Waals surface area contributed by atoms with Gasteiger partial charge in [-0.1, -0.05) is 46.4 Å². The fraction of sp³-hybridized carbons (Fsp3) is 0.459. The minimum atomic E-state index is -0.700. The normalized spacial score (nSPS) is 16.1. The van der Waals surface area contributed by atoms with E-state index in [1.807, 2.05) is 83.4 Å². The molecule has 0 aromatic carbocycles. The number of aliphatic hydroxyl groups excluding tert-OH is 2. The smallest absolute Gasteiger partial charge is 0.262 e. The van der Waals surface area contributed by atoms with Crippen molar-refractivity contribution in [2.45, 2.75) is 116 Å². The predicted molar refractivity (Wildman–Crippen MR) is 370 cm³/mol. The molecule has 4 aliphatic rings. The van der Waals surface area contributed by atoms with Crippen LogP contribution in [-0.4, -0.2) is 184 Å². The van der Waals surface area contributed by atoms with Crippen LogP contribution in [0.4, 0.5) is 46.4 Å². The van der Waals surface area contributed by atoms with Gasteiger partial charge in [0, 0.05) is 125 Å². The lowest BCUT2D eigenvalue weighted by Crippen LogP contribution is -2.60. The molecule has 504 valence electrons. The fourth-order valence-corrected chi connectivity index (χ4v) is 10.3. The molecule has 12 rings (SSSR count). The van der Waals surface area contributed by atoms with Crippen molar-refractivity contribution in [3.8, 4) is 0 Å². The zero-order chi connectivity index (χ0) is 67.6. The Hall–Kier alpha value is -7.12. The van der Waals surface area contributed by atoms with Gasteiger partial charge in [0.05, 0.1) is 46.4 Å². The highest BCUT2D eigenvalue weighted by molar-refractivity contribution is 6.33. The Bertz CT molecular complexity index is 3830. The van der Waals surface area contributed by atoms with Crippen LogP contribution in [0.5, 0.6) is 0 Å². The molecular formula is C61H82Cl5N19O8. The van der Waals surface area contributed by atoms with Gasteiger partial charge in [-0.05, 0) is 110 Å². The van der Waals surface area contributed by atoms with Crippen LogP contribution < -0.4 is 52.8 Å². The van der Waals surface area contributed by atoms with Gasteiger partial charge in [-0.2, -0.15) is 0 Å². The molecule has 27 nitrogen and oxygen atoms in total. The summed E-state index contributed by atoms with van der Waals surface area (Å²) in [4.78, 5) is 67.9. The molecule has 0 radical (unpaired) electrons. The summed E-state index contributed by atoms with van der Waals surface area (Å²) in [6, 6.07) is 15.8. The van der Waals surface area contributed by atoms with Crippen LogP contribution in [0.1, 0.15) is 69.2 Å². The van der Waals surface area contributed by atoms with Gasteiger partial charge in [-0.15, -0.1) is 12.4 Å². The monoisotopic (exact) mass is 1380 g/mol. The number of fused-ring (bicyclic) bond motifs is 2. The average Bonchev–Trinajstić information content (AvgIpc) is 0.809. The second kappa shape index (κ2) is 31.4. The Kier molecular flexibility index (Phi) is 25.3. The number of hydrogen-bond donors (Lipinski definition) is 11. The summed E-state index contributed by atoms with van der Waals surface area (Å²) >= 11 is 22.5. The molecule has 12 heterocycles. The van der Waals surface area contributed by atoms with E-state index in [-0.39, 0.29) is 66.5 Å². The average molecular weight is 1390 g/mol. The van der Waals surface area contributed by atoms with Crippen LogP contribution in [-0.2, 0) is 13.1 Å². The number of pyridine rings is 5. The fourth-order valence-electron chi connectivity index (χ4n) is 9.58. The molecule has 0 bridgehead atoms. The van der Waals surface area contributed by atoms with Gasteiger partial charge in [-0.3, -0.25) is 9.59 Å². The summed E-state index contributed by atoms with van der Waals surface area (Å²) in [5, 5.41) is 72.7. The first-order valence-electron chi connectivity index (χ1n) is 29.3. The van der Waals surface area contributed by atoms with Crippen molar-refractivity contribution in [1.82, 2.24) is 59.3 Å². The summed E-state index contributed by atoms with van der Waals surface area (Å²) < 4.78 is 2.94. The van der Waals surface area contributed by atoms with E-state index < -0.39 is 16.8 Å². The number of rotatable bonds is 11. The molecule has 4 saturated heterocycles. The Morgan fingerprint density at radius 2 is 0.968 bits per heavy atom. The maximum atomic E-state index is 13.0. The predicted octanol–water partition coefficient (Wildman–Crippen LogP) is 6.44. The van der Waals surface area contributed by atoms with E-state index in [1.54, 1.807) is 62.8 Å². The number of halogens is 5. The van der Waals surface area contributed by atoms with E-state index >= 15 is 0 Å². The number of aliphatic hydroxyl groups is 6. The topological polar surface area (TPSA) is 365 Å². The SMILES string of the molecule is CC(C)(C)Nc1nc(Cl)cc2ccn(CCO)c(=O)c12.CC1(O)CN(c2cc(Cl)ncn2)C1.CC1(O)CN(c2cc(Nc3cc4ccn(CCO)c(=O)c4c(NC(C)(C)C)n3)ncn2)C1.CC1(O)CN(c2ccnc(N)c2)C1.CC1(O)CNC1.Cl.Clc1cc(Cl)ncn1. The van der Waals surface area contributed by atoms with Gasteiger partial charge >= 0.3 is 0 Å². The van der Waals surface area contributed by atoms with Crippen molar-refractivity contribution in [1.29, 1.82) is 0 Å². The molecular weight excluding hydrogens is 1300 g/mol. The summed E-state index contributed by atoms with van der Waals surface area (Å²) in [6.45, 7) is 24.5. The maximum absolute atomic E-state index is 13.0. The molecule has 0 aliphatic carbocycles. The van der Waals surface area contributed by atoms with Gasteiger partial charge < -0.3 is 81.5 Å². The van der Waals surface area contributed by atoms with Crippen LogP contribution in [0.15, 0.2) is 102 Å². The van der Waals surface area contributed by atoms with E-state index in [0.29, 0.717) is 99.7 Å². The van der Waals surface area contributed by atoms with Crippen molar-refractivity contribution in [2.75, 3.05) is 102 Å². The van der Waals surface area contributed by atoms with Crippen molar-refractivity contribution in [2.24, 2.45) is 0 Å². The Labute approximate surface area is 564 Å². The van der Waals surface area contributed by atoms with Gasteiger partial charge in [-0.25, -0.2) is 44.9 Å². The number of aromatic nitrogens is 11. The second-order valence-electron chi connectivity index (χ2n) is 25.8. The van der Waals surface area contributed by atoms with Crippen molar-refractivity contribution in [3.05, 3.63) is 133 Å². The highest BCUT2D eigenvalue weighted by Crippen LogP contribution is 2.32. The van der Waals surface area contributed by atoms with Crippen molar-refractivity contribution >= 4 is 127 Å². The molecule has 0 unspecified atom stereocenters. The van der Waals surface area contributed by atoms with E-state index in [0.717, 1.165) is 41.2 Å². The molecule has 93 heavy (non-hydrogen) atoms. The maximum Gasteiger partial charge on any atom is 0.262 e. The van der Waals surface area contributed by atoms with Crippen LogP contribution in [0.25, 0.3) is 21.5 Å². The quantitative estimate of drug-likeness (QED) is 0.0490. The number of hydrogen-bond acceptors (Lipinski definition) is 25. The molecule has 8 aromatic rings. The molecule has 0 spiro atoms. The highest BCUT2D eigenvalue weighted by atomic mass is 35.5. The number of anilines is 8. The molecule has 0 atom stereocenters. The first kappa shape index (κ1) is 74.9. The third-order valence-electron chi connectivity index (χ3n) is 13.7. The molecule has 0 saturated carbocycles. The van der Waals surface area contributed by atoms with Gasteiger partial charge in [0.15, 0.2) is 0 Å². The van der Waals surface area contributed by atoms with Crippen LogP contribution in [0, 0.1) is 0 Å². The summed E-state index contributed by atoms with van der Waals surface area (Å²) in [7, 11) is 0. The van der Waals surface area contributed by atoms with Crippen LogP contribution in [0.3, 0.4) is 0 Å². The highest BCUT2D eigenvalue weighted by Gasteiger charge is 2.39. The Morgan fingerprint density at radius 1 is 0.538 bits per heavy atom. The first-order chi connectivity index (χ1) is 43.0. The third-order valence-corrected chi connectivity index (χ3v) is 14.5. The molecule has 8 aromatic heterocycles. The van der Waals surface area contributed by atoms with Crippen molar-refractivity contribution < 1.29 is 30.6 Å². The Morgan fingerprint density at radius 3 is 1.38 bits per heavy atom. The van der Waals surface area contributed by atoms with E-state index in [1.165, 1.54) is 34.2 Å². The molecule has 12 N–H and O–H groups in total. The lowest BCUT2D eigenvalue weighted by molar-refractivity contribution is 0.00875. The summed E-state index contributed by atoms with van der Waals surface area (Å²) in [6.07, 6.45) is 9.20. The lowest BCUT2D eigenvalue weighted by atomic mass is 9.96. The summed E-state index contributed by atoms with van der Waals surface area (Å²) in [5.74, 6) is 4.03. The number of β-amino-alcohol motifs (C(OH)–C–C–N with tert-alkyl or cyclic N) is 4. The van der Waals surface area contributed by atoms with E-state index in [2.05, 4.69) is 71.0 Å². The number of nitrogens with zero attached hydrogens (tertiary/aromatic N) is 14. The minimum Gasteiger partial charge on any atom is -0.395 e. The summed E-state index contributed by atoms with van der Waals surface area (Å²) in [5.41, 5.74) is 3.39. The van der Waals surface area contributed by atoms with E-state index in [9.17, 15) is 30.0 Å². The van der Waals surface area contributed by atoms with Crippen molar-refractivity contribution in [3.63, 3.8) is 0 Å². The van der Waals surface area contributed by atoms with Gasteiger partial charge in [0.2, 0.25) is 0 Å². The molecule has 32 heteroatoms. The number of nitrogens with one attached hydrogen (secondary N) is 4. The number of nitrogen functional groups attached to an aromatic ring is 1. The van der Waals surface area contributed by atoms with E-state index in [4.69, 9.17) is 62.4 Å². The molecule has 4 fully saturated rings. The lowest BCUT2D eigenvalue weighted by Gasteiger charge is -2.45. The zero-order valence-electron chi connectivity index (χ0n) is 53.4. The second-order valence-corrected chi connectivity index (χ2v) is 27.3. The van der Waals surface area contributed by atoms with Crippen LogP contribution in [0.2, 0.25) is 20.6 Å². The third kappa shape index (κ3) is 22.5. The van der Waals surface area contributed by atoms with Gasteiger partial charge in [0.1, 0.15) is 80.3 Å². The number of nitrogens with two attached hydrogens (primary N) is 1. The Balaban J connectivity index is 0.000000192. The minimum absolute atomic E-state index is 0. The molecule has 4 aliphatic heterocycles. The van der Waals surface area contributed by atoms with Gasteiger partial charge in [0.25, 0.3) is 11.1 Å². The van der Waals surface area contributed by atoms with Crippen LogP contribution >= 0.6 is 58.8 Å². The molecule has 0 amide bonds. The largest absolute Gasteiger partial charge is 0.395 e. The first-order valence-corrected chi connectivity index (χ1v) is 30.8. The zero-order valence-corrected chi connectivity index (χ0v) is 57.2. The standard InChI is InChI=1S/C22H29N7O3.C14H18ClN3O2.C9H13N3O.C8H10ClN3O.C4H2Cl2N2.C4H9NO.ClH/c1-21(2,3)27-19-18-14(5-6-28(7-8-30)20(18)31)9-16(26-19)25-15-10-17(24-13-23-15)29-11-22(4,32)12-29;1-14(2,3)17-12-11-9(8-10(15)16-12)4-5-18(6-7-19)13(11)20;1-9(13)5-12(6-9)7-2-3-11-8(10)4-7;1-8(13)3-12(4-8)7-2-6(9)10-5-11-7;5-3-1-4(6)8-2-7-3;1-4(6)2-5-3-4;/h5-6,9-10,13,30,32H,7-8,11-12H2,1-4H3,(H2,23,24,25,26,27);4-5,8,19H,6-7H2,1-3H3,(H,16,17);2-4,13H,5-6H2,1H3,(H2,10,11);2,5,13H,3-4H2,1H3;1-2H;5-6H,2-3H2,1H3;1H.